The summed E-state index contributed by atoms with van der Waals surface area (Å²) in [6.07, 6.45) is 1.58. The molecule has 0 fully saturated rings. The molecular formula is C21H34O4. The van der Waals surface area contributed by atoms with Gasteiger partial charge in [0.25, 0.3) is 0 Å². The Morgan fingerprint density at radius 1 is 1.00 bits per heavy atom. The van der Waals surface area contributed by atoms with Crippen molar-refractivity contribution < 1.29 is 19.4 Å². The van der Waals surface area contributed by atoms with Gasteiger partial charge in [-0.1, -0.05) is 53.7 Å². The Bertz CT molecular complexity index is 542. The van der Waals surface area contributed by atoms with Crippen LogP contribution in [0.5, 0.6) is 5.75 Å². The first-order valence-electron chi connectivity index (χ1n) is 8.99. The quantitative estimate of drug-likeness (QED) is 0.593. The van der Waals surface area contributed by atoms with Gasteiger partial charge >= 0.3 is 5.97 Å². The van der Waals surface area contributed by atoms with Crippen LogP contribution in [0.4, 0.5) is 0 Å². The van der Waals surface area contributed by atoms with E-state index in [9.17, 15) is 4.79 Å². The predicted octanol–water partition coefficient (Wildman–Crippen LogP) is 4.15. The fourth-order valence-electron chi connectivity index (χ4n) is 2.74. The lowest BCUT2D eigenvalue weighted by Crippen LogP contribution is -2.20. The van der Waals surface area contributed by atoms with Crippen LogP contribution in [0.3, 0.4) is 0 Å². The molecule has 142 valence electrons. The average molecular weight is 350 g/mol. The number of methoxy groups -OCH3 is 1. The van der Waals surface area contributed by atoms with Gasteiger partial charge in [-0.15, -0.1) is 0 Å². The summed E-state index contributed by atoms with van der Waals surface area (Å²) in [5.41, 5.74) is 2.97. The van der Waals surface area contributed by atoms with Gasteiger partial charge in [-0.2, -0.15) is 0 Å². The van der Waals surface area contributed by atoms with Crippen molar-refractivity contribution in [1.82, 2.24) is 0 Å². The van der Waals surface area contributed by atoms with Crippen molar-refractivity contribution in [3.05, 3.63) is 28.8 Å². The highest BCUT2D eigenvalue weighted by Crippen LogP contribution is 2.40. The number of esters is 1. The van der Waals surface area contributed by atoms with Crippen LogP contribution in [-0.4, -0.2) is 31.4 Å². The zero-order valence-corrected chi connectivity index (χ0v) is 16.9. The Balaban J connectivity index is 3.14. The number of ether oxygens (including phenoxy) is 2. The first-order valence-corrected chi connectivity index (χ1v) is 8.99. The molecule has 0 bridgehead atoms. The van der Waals surface area contributed by atoms with Gasteiger partial charge in [-0.05, 0) is 29.2 Å². The minimum absolute atomic E-state index is 0.0909. The molecule has 0 radical (unpaired) electrons. The molecule has 4 heteroatoms. The minimum atomic E-state index is -0.233. The van der Waals surface area contributed by atoms with Gasteiger partial charge in [0, 0.05) is 17.7 Å². The Hall–Kier alpha value is -1.55. The van der Waals surface area contributed by atoms with E-state index in [2.05, 4.69) is 53.7 Å². The number of rotatable bonds is 7. The van der Waals surface area contributed by atoms with Crippen LogP contribution >= 0.6 is 0 Å². The number of unbranched alkanes of at least 4 members (excludes halogenated alkanes) is 1. The summed E-state index contributed by atoms with van der Waals surface area (Å²) in [5.74, 6) is 0.669. The first-order chi connectivity index (χ1) is 11.5. The molecule has 4 nitrogen and oxygen atoms in total. The minimum Gasteiger partial charge on any atom is -0.496 e. The number of benzene rings is 1. The maximum Gasteiger partial charge on any atom is 0.310 e. The number of hydrogen-bond donors (Lipinski definition) is 1. The summed E-state index contributed by atoms with van der Waals surface area (Å²) in [5, 5.41) is 8.78. The van der Waals surface area contributed by atoms with E-state index in [1.165, 1.54) is 0 Å². The zero-order valence-electron chi connectivity index (χ0n) is 16.9. The Morgan fingerprint density at radius 2 is 1.52 bits per heavy atom. The fraction of sp³-hybridized carbons (Fsp3) is 0.667. The fourth-order valence-corrected chi connectivity index (χ4v) is 2.74. The molecule has 0 aliphatic carbocycles. The van der Waals surface area contributed by atoms with E-state index in [4.69, 9.17) is 14.6 Å². The maximum absolute atomic E-state index is 12.1. The second-order valence-corrected chi connectivity index (χ2v) is 8.55. The Kier molecular flexibility index (Phi) is 7.48. The summed E-state index contributed by atoms with van der Waals surface area (Å²) in [6, 6.07) is 4.12. The monoisotopic (exact) mass is 350 g/mol. The summed E-state index contributed by atoms with van der Waals surface area (Å²) >= 11 is 0. The molecule has 0 aliphatic rings. The highest BCUT2D eigenvalue weighted by atomic mass is 16.5. The lowest BCUT2D eigenvalue weighted by Gasteiger charge is -2.30. The molecule has 0 aliphatic heterocycles. The predicted molar refractivity (Wildman–Crippen MR) is 101 cm³/mol. The molecule has 0 aromatic heterocycles. The Labute approximate surface area is 152 Å². The molecular weight excluding hydrogens is 316 g/mol. The summed E-state index contributed by atoms with van der Waals surface area (Å²) in [4.78, 5) is 12.1. The topological polar surface area (TPSA) is 55.8 Å². The van der Waals surface area contributed by atoms with Crippen molar-refractivity contribution in [1.29, 1.82) is 0 Å². The first kappa shape index (κ1) is 21.5. The molecule has 0 heterocycles. The SMILES string of the molecule is COc1c(C(C)(C)C)cc(CC(=O)OCCCCO)cc1C(C)(C)C. The van der Waals surface area contributed by atoms with E-state index in [1.54, 1.807) is 7.11 Å². The van der Waals surface area contributed by atoms with Crippen LogP contribution in [0, 0.1) is 0 Å². The third-order valence-corrected chi connectivity index (χ3v) is 4.13. The van der Waals surface area contributed by atoms with Crippen molar-refractivity contribution >= 4 is 5.97 Å². The van der Waals surface area contributed by atoms with Gasteiger partial charge in [0.1, 0.15) is 5.75 Å². The maximum atomic E-state index is 12.1. The van der Waals surface area contributed by atoms with E-state index in [-0.39, 0.29) is 29.8 Å². The van der Waals surface area contributed by atoms with Crippen molar-refractivity contribution in [2.75, 3.05) is 20.3 Å². The van der Waals surface area contributed by atoms with Gasteiger partial charge in [-0.25, -0.2) is 0 Å². The van der Waals surface area contributed by atoms with Crippen LogP contribution in [0.25, 0.3) is 0 Å². The van der Waals surface area contributed by atoms with Crippen molar-refractivity contribution in [3.8, 4) is 5.75 Å². The third kappa shape index (κ3) is 6.35. The van der Waals surface area contributed by atoms with Crippen LogP contribution in [0.1, 0.15) is 71.1 Å². The standard InChI is InChI=1S/C21H34O4/c1-20(2,3)16-12-15(14-18(23)25-11-9-8-10-22)13-17(19(16)24-7)21(4,5)6/h12-13,22H,8-11,14H2,1-7H3. The number of carbonyl (C=O) groups excluding carboxylic acids is 1. The lowest BCUT2D eigenvalue weighted by atomic mass is 9.78. The van der Waals surface area contributed by atoms with Crippen LogP contribution < -0.4 is 4.74 Å². The van der Waals surface area contributed by atoms with Gasteiger partial charge in [0.15, 0.2) is 0 Å². The molecule has 0 unspecified atom stereocenters. The van der Waals surface area contributed by atoms with Gasteiger partial charge in [0.05, 0.1) is 20.1 Å². The van der Waals surface area contributed by atoms with E-state index in [0.717, 1.165) is 22.4 Å². The van der Waals surface area contributed by atoms with E-state index < -0.39 is 0 Å². The van der Waals surface area contributed by atoms with E-state index in [0.29, 0.717) is 19.4 Å². The molecule has 0 spiro atoms. The highest BCUT2D eigenvalue weighted by molar-refractivity contribution is 5.73. The van der Waals surface area contributed by atoms with Crippen LogP contribution in [0.15, 0.2) is 12.1 Å². The molecule has 0 atom stereocenters. The third-order valence-electron chi connectivity index (χ3n) is 4.13. The number of hydrogen-bond acceptors (Lipinski definition) is 4. The van der Waals surface area contributed by atoms with Gasteiger partial charge in [-0.3, -0.25) is 4.79 Å². The van der Waals surface area contributed by atoms with Crippen molar-refractivity contribution in [2.45, 2.75) is 71.6 Å². The molecule has 0 saturated heterocycles. The van der Waals surface area contributed by atoms with Crippen molar-refractivity contribution in [2.24, 2.45) is 0 Å². The van der Waals surface area contributed by atoms with Gasteiger partial charge < -0.3 is 14.6 Å². The van der Waals surface area contributed by atoms with Crippen LogP contribution in [-0.2, 0) is 26.8 Å². The smallest absolute Gasteiger partial charge is 0.310 e. The molecule has 1 rings (SSSR count). The summed E-state index contributed by atoms with van der Waals surface area (Å²) < 4.78 is 11.0. The molecule has 0 saturated carbocycles. The Morgan fingerprint density at radius 3 is 1.92 bits per heavy atom. The number of aliphatic hydroxyl groups excluding tert-OH is 1. The summed E-state index contributed by atoms with van der Waals surface area (Å²) in [7, 11) is 1.70. The lowest BCUT2D eigenvalue weighted by molar-refractivity contribution is -0.143. The van der Waals surface area contributed by atoms with Crippen molar-refractivity contribution in [3.63, 3.8) is 0 Å². The molecule has 0 amide bonds. The summed E-state index contributed by atoms with van der Waals surface area (Å²) in [6.45, 7) is 13.4. The molecule has 1 aromatic carbocycles. The highest BCUT2D eigenvalue weighted by Gasteiger charge is 2.27. The second kappa shape index (κ2) is 8.70. The number of aliphatic hydroxyl groups is 1. The largest absolute Gasteiger partial charge is 0.496 e. The molecule has 1 aromatic rings. The normalized spacial score (nSPS) is 12.2. The second-order valence-electron chi connectivity index (χ2n) is 8.55. The zero-order chi connectivity index (χ0) is 19.3. The molecule has 25 heavy (non-hydrogen) atoms. The van der Waals surface area contributed by atoms with E-state index in [1.807, 2.05) is 0 Å². The van der Waals surface area contributed by atoms with E-state index >= 15 is 0 Å². The van der Waals surface area contributed by atoms with Gasteiger partial charge in [0.2, 0.25) is 0 Å². The number of carbonyl (C=O) groups is 1. The average Bonchev–Trinajstić information content (AvgIpc) is 2.49. The molecule has 1 N–H and O–H groups in total. The van der Waals surface area contributed by atoms with Crippen LogP contribution in [0.2, 0.25) is 0 Å².